The molecule has 1 unspecified atom stereocenters. The molecule has 0 amide bonds. The maximum atomic E-state index is 10.6. The number of aliphatic hydroxyl groups is 1. The van der Waals surface area contributed by atoms with Crippen LogP contribution in [0.2, 0.25) is 0 Å². The van der Waals surface area contributed by atoms with Crippen molar-refractivity contribution < 1.29 is 10.0 Å². The van der Waals surface area contributed by atoms with Gasteiger partial charge >= 0.3 is 0 Å². The summed E-state index contributed by atoms with van der Waals surface area (Å²) >= 11 is 0. The molecule has 3 N–H and O–H groups in total. The van der Waals surface area contributed by atoms with Crippen molar-refractivity contribution in [3.8, 4) is 0 Å². The number of benzene rings is 1. The number of hydrogen-bond donors (Lipinski definition) is 2. The van der Waals surface area contributed by atoms with E-state index < -0.39 is 10.3 Å². The van der Waals surface area contributed by atoms with Crippen molar-refractivity contribution in [3.63, 3.8) is 0 Å². The molecule has 0 bridgehead atoms. The van der Waals surface area contributed by atoms with E-state index in [1.165, 1.54) is 12.1 Å². The zero-order chi connectivity index (χ0) is 11.5. The first-order chi connectivity index (χ1) is 7.03. The van der Waals surface area contributed by atoms with Gasteiger partial charge in [-0.3, -0.25) is 10.1 Å². The Morgan fingerprint density at radius 1 is 1.60 bits per heavy atom. The third-order valence-corrected chi connectivity index (χ3v) is 2.55. The molecule has 1 aromatic carbocycles. The zero-order valence-corrected chi connectivity index (χ0v) is 8.51. The molecular weight excluding hydrogens is 196 g/mol. The SMILES string of the molecule is CC(CN)(CO)c1cccc([N+](=O)[O-])c1. The average Bonchev–Trinajstić information content (AvgIpc) is 2.28. The second-order valence-corrected chi connectivity index (χ2v) is 3.73. The maximum absolute atomic E-state index is 10.6. The van der Waals surface area contributed by atoms with Crippen molar-refractivity contribution >= 4 is 5.69 Å². The van der Waals surface area contributed by atoms with Gasteiger partial charge < -0.3 is 10.8 Å². The standard InChI is InChI=1S/C10H14N2O3/c1-10(6-11,7-13)8-3-2-4-9(5-8)12(14)15/h2-5,13H,6-7,11H2,1H3. The zero-order valence-electron chi connectivity index (χ0n) is 8.51. The lowest BCUT2D eigenvalue weighted by atomic mass is 9.83. The Bertz CT molecular complexity index is 361. The van der Waals surface area contributed by atoms with E-state index >= 15 is 0 Å². The fraction of sp³-hybridized carbons (Fsp3) is 0.400. The van der Waals surface area contributed by atoms with Crippen LogP contribution < -0.4 is 5.73 Å². The fourth-order valence-corrected chi connectivity index (χ4v) is 1.27. The van der Waals surface area contributed by atoms with Gasteiger partial charge in [-0.05, 0) is 5.56 Å². The molecule has 0 saturated heterocycles. The first kappa shape index (κ1) is 11.6. The van der Waals surface area contributed by atoms with Gasteiger partial charge in [0.25, 0.3) is 5.69 Å². The lowest BCUT2D eigenvalue weighted by Gasteiger charge is -2.25. The van der Waals surface area contributed by atoms with Gasteiger partial charge in [-0.25, -0.2) is 0 Å². The number of rotatable bonds is 4. The van der Waals surface area contributed by atoms with Crippen LogP contribution in [0.5, 0.6) is 0 Å². The molecule has 1 rings (SSSR count). The van der Waals surface area contributed by atoms with Crippen LogP contribution in [0.1, 0.15) is 12.5 Å². The molecule has 82 valence electrons. The highest BCUT2D eigenvalue weighted by molar-refractivity contribution is 5.38. The van der Waals surface area contributed by atoms with Gasteiger partial charge in [-0.2, -0.15) is 0 Å². The van der Waals surface area contributed by atoms with Crippen LogP contribution in [0.3, 0.4) is 0 Å². The number of nitro benzene ring substituents is 1. The molecular formula is C10H14N2O3. The number of nitrogens with zero attached hydrogens (tertiary/aromatic N) is 1. The van der Waals surface area contributed by atoms with Gasteiger partial charge in [0.1, 0.15) is 0 Å². The van der Waals surface area contributed by atoms with E-state index in [9.17, 15) is 15.2 Å². The van der Waals surface area contributed by atoms with Crippen LogP contribution in [0.4, 0.5) is 5.69 Å². The molecule has 0 aliphatic carbocycles. The Morgan fingerprint density at radius 2 is 2.27 bits per heavy atom. The highest BCUT2D eigenvalue weighted by atomic mass is 16.6. The number of nitro groups is 1. The second kappa shape index (κ2) is 4.37. The predicted octanol–water partition coefficient (Wildman–Crippen LogP) is 0.803. The minimum Gasteiger partial charge on any atom is -0.395 e. The Morgan fingerprint density at radius 3 is 2.73 bits per heavy atom. The Hall–Kier alpha value is -1.46. The summed E-state index contributed by atoms with van der Waals surface area (Å²) in [5, 5.41) is 19.8. The normalized spacial score (nSPS) is 14.6. The van der Waals surface area contributed by atoms with E-state index in [0.717, 1.165) is 0 Å². The van der Waals surface area contributed by atoms with Crippen molar-refractivity contribution in [3.05, 3.63) is 39.9 Å². The molecule has 5 nitrogen and oxygen atoms in total. The van der Waals surface area contributed by atoms with Crippen LogP contribution in [-0.4, -0.2) is 23.2 Å². The smallest absolute Gasteiger partial charge is 0.269 e. The summed E-state index contributed by atoms with van der Waals surface area (Å²) in [6.07, 6.45) is 0. The number of nitrogens with two attached hydrogens (primary N) is 1. The largest absolute Gasteiger partial charge is 0.395 e. The maximum Gasteiger partial charge on any atom is 0.269 e. The van der Waals surface area contributed by atoms with E-state index in [4.69, 9.17) is 5.73 Å². The Balaban J connectivity index is 3.14. The Kier molecular flexibility index (Phi) is 3.39. The van der Waals surface area contributed by atoms with Crippen molar-refractivity contribution in [2.24, 2.45) is 5.73 Å². The van der Waals surface area contributed by atoms with Gasteiger partial charge in [0, 0.05) is 24.1 Å². The molecule has 15 heavy (non-hydrogen) atoms. The number of non-ortho nitro benzene ring substituents is 1. The van der Waals surface area contributed by atoms with Crippen molar-refractivity contribution in [2.75, 3.05) is 13.2 Å². The summed E-state index contributed by atoms with van der Waals surface area (Å²) in [5.41, 5.74) is 5.62. The summed E-state index contributed by atoms with van der Waals surface area (Å²) in [6.45, 7) is 1.88. The van der Waals surface area contributed by atoms with Gasteiger partial charge in [0.05, 0.1) is 11.5 Å². The van der Waals surface area contributed by atoms with Crippen molar-refractivity contribution in [1.29, 1.82) is 0 Å². The fourth-order valence-electron chi connectivity index (χ4n) is 1.27. The molecule has 1 aromatic rings. The van der Waals surface area contributed by atoms with Crippen LogP contribution >= 0.6 is 0 Å². The third kappa shape index (κ3) is 2.31. The highest BCUT2D eigenvalue weighted by Crippen LogP contribution is 2.25. The summed E-state index contributed by atoms with van der Waals surface area (Å²) in [7, 11) is 0. The van der Waals surface area contributed by atoms with E-state index in [2.05, 4.69) is 0 Å². The van der Waals surface area contributed by atoms with Crippen LogP contribution in [-0.2, 0) is 5.41 Å². The van der Waals surface area contributed by atoms with Crippen molar-refractivity contribution in [1.82, 2.24) is 0 Å². The van der Waals surface area contributed by atoms with Gasteiger partial charge in [0.2, 0.25) is 0 Å². The molecule has 0 aromatic heterocycles. The first-order valence-electron chi connectivity index (χ1n) is 4.59. The Labute approximate surface area is 87.7 Å². The van der Waals surface area contributed by atoms with E-state index in [0.29, 0.717) is 5.56 Å². The highest BCUT2D eigenvalue weighted by Gasteiger charge is 2.25. The van der Waals surface area contributed by atoms with Crippen LogP contribution in [0, 0.1) is 10.1 Å². The summed E-state index contributed by atoms with van der Waals surface area (Å²) in [4.78, 5) is 10.1. The predicted molar refractivity (Wildman–Crippen MR) is 56.6 cm³/mol. The van der Waals surface area contributed by atoms with Gasteiger partial charge in [-0.15, -0.1) is 0 Å². The first-order valence-corrected chi connectivity index (χ1v) is 4.59. The van der Waals surface area contributed by atoms with Crippen molar-refractivity contribution in [2.45, 2.75) is 12.3 Å². The summed E-state index contributed by atoms with van der Waals surface area (Å²) in [6, 6.07) is 6.19. The molecule has 1 atom stereocenters. The topological polar surface area (TPSA) is 89.4 Å². The lowest BCUT2D eigenvalue weighted by Crippen LogP contribution is -2.35. The molecule has 5 heteroatoms. The lowest BCUT2D eigenvalue weighted by molar-refractivity contribution is -0.385. The molecule has 0 saturated carbocycles. The average molecular weight is 210 g/mol. The minimum atomic E-state index is -0.619. The monoisotopic (exact) mass is 210 g/mol. The second-order valence-electron chi connectivity index (χ2n) is 3.73. The van der Waals surface area contributed by atoms with Gasteiger partial charge in [-0.1, -0.05) is 19.1 Å². The van der Waals surface area contributed by atoms with Crippen LogP contribution in [0.25, 0.3) is 0 Å². The van der Waals surface area contributed by atoms with E-state index in [1.807, 2.05) is 0 Å². The minimum absolute atomic E-state index is 0.0145. The summed E-state index contributed by atoms with van der Waals surface area (Å²) in [5.74, 6) is 0. The van der Waals surface area contributed by atoms with E-state index in [1.54, 1.807) is 19.1 Å². The quantitative estimate of drug-likeness (QED) is 0.568. The summed E-state index contributed by atoms with van der Waals surface area (Å²) < 4.78 is 0. The molecule has 0 fully saturated rings. The van der Waals surface area contributed by atoms with Crippen LogP contribution in [0.15, 0.2) is 24.3 Å². The molecule has 0 spiro atoms. The molecule has 0 aliphatic rings. The molecule has 0 radical (unpaired) electrons. The molecule has 0 aliphatic heterocycles. The third-order valence-electron chi connectivity index (χ3n) is 2.55. The van der Waals surface area contributed by atoms with E-state index in [-0.39, 0.29) is 18.8 Å². The number of hydrogen-bond acceptors (Lipinski definition) is 4. The number of aliphatic hydroxyl groups excluding tert-OH is 1. The van der Waals surface area contributed by atoms with Gasteiger partial charge in [0.15, 0.2) is 0 Å². The molecule has 0 heterocycles.